The van der Waals surface area contributed by atoms with Crippen LogP contribution >= 0.6 is 11.6 Å². The number of esters is 1. The molecule has 0 aliphatic carbocycles. The first kappa shape index (κ1) is 17.9. The second kappa shape index (κ2) is 7.58. The van der Waals surface area contributed by atoms with Crippen LogP contribution in [0.15, 0.2) is 48.5 Å². The maximum atomic E-state index is 13.5. The van der Waals surface area contributed by atoms with Gasteiger partial charge in [-0.1, -0.05) is 23.7 Å². The Bertz CT molecular complexity index is 956. The van der Waals surface area contributed by atoms with Crippen molar-refractivity contribution in [2.75, 3.05) is 13.7 Å². The average Bonchev–Trinajstić information content (AvgIpc) is 3.10. The second-order valence-corrected chi connectivity index (χ2v) is 5.78. The van der Waals surface area contributed by atoms with Crippen LogP contribution in [0.2, 0.25) is 5.02 Å². The van der Waals surface area contributed by atoms with Gasteiger partial charge in [-0.15, -0.1) is 0 Å². The number of nitrogens with zero attached hydrogens (tertiary/aromatic N) is 2. The van der Waals surface area contributed by atoms with Crippen molar-refractivity contribution in [1.29, 1.82) is 0 Å². The van der Waals surface area contributed by atoms with Gasteiger partial charge in [0.15, 0.2) is 5.69 Å². The van der Waals surface area contributed by atoms with E-state index in [-0.39, 0.29) is 17.3 Å². The number of halogens is 2. The Labute approximate surface area is 154 Å². The van der Waals surface area contributed by atoms with E-state index in [9.17, 15) is 9.18 Å². The van der Waals surface area contributed by atoms with Crippen LogP contribution < -0.4 is 4.74 Å². The van der Waals surface area contributed by atoms with Gasteiger partial charge in [-0.3, -0.25) is 0 Å². The van der Waals surface area contributed by atoms with Crippen LogP contribution in [-0.4, -0.2) is 29.5 Å². The van der Waals surface area contributed by atoms with Crippen LogP contribution in [0.25, 0.3) is 16.9 Å². The molecule has 0 bridgehead atoms. The molecule has 26 heavy (non-hydrogen) atoms. The van der Waals surface area contributed by atoms with Crippen molar-refractivity contribution < 1.29 is 18.7 Å². The lowest BCUT2D eigenvalue weighted by atomic mass is 10.1. The summed E-state index contributed by atoms with van der Waals surface area (Å²) < 4.78 is 25.3. The largest absolute Gasteiger partial charge is 0.497 e. The van der Waals surface area contributed by atoms with Gasteiger partial charge in [0.05, 0.1) is 30.1 Å². The van der Waals surface area contributed by atoms with E-state index in [1.807, 2.05) is 24.3 Å². The molecule has 0 atom stereocenters. The van der Waals surface area contributed by atoms with Crippen LogP contribution in [0.1, 0.15) is 17.4 Å². The Kier molecular flexibility index (Phi) is 5.23. The summed E-state index contributed by atoms with van der Waals surface area (Å²) in [4.78, 5) is 12.1. The lowest BCUT2D eigenvalue weighted by Gasteiger charge is -2.09. The number of benzene rings is 2. The van der Waals surface area contributed by atoms with Gasteiger partial charge in [-0.25, -0.2) is 13.9 Å². The van der Waals surface area contributed by atoms with Gasteiger partial charge < -0.3 is 9.47 Å². The molecular formula is C19H16ClFN2O3. The van der Waals surface area contributed by atoms with E-state index in [1.165, 1.54) is 22.9 Å². The summed E-state index contributed by atoms with van der Waals surface area (Å²) in [6, 6.07) is 13.2. The Balaban J connectivity index is 2.17. The molecule has 7 heteroatoms. The fourth-order valence-electron chi connectivity index (χ4n) is 2.49. The molecule has 0 N–H and O–H groups in total. The highest BCUT2D eigenvalue weighted by molar-refractivity contribution is 6.30. The van der Waals surface area contributed by atoms with E-state index in [2.05, 4.69) is 5.10 Å². The van der Waals surface area contributed by atoms with E-state index in [0.717, 1.165) is 5.56 Å². The Morgan fingerprint density at radius 2 is 2.04 bits per heavy atom. The van der Waals surface area contributed by atoms with Crippen molar-refractivity contribution >= 4 is 17.6 Å². The molecule has 2 aromatic carbocycles. The van der Waals surface area contributed by atoms with Crippen molar-refractivity contribution in [2.45, 2.75) is 6.92 Å². The van der Waals surface area contributed by atoms with Crippen molar-refractivity contribution in [3.8, 4) is 22.7 Å². The van der Waals surface area contributed by atoms with Crippen LogP contribution in [-0.2, 0) is 4.74 Å². The molecule has 0 fully saturated rings. The highest BCUT2D eigenvalue weighted by Gasteiger charge is 2.18. The van der Waals surface area contributed by atoms with E-state index in [4.69, 9.17) is 21.1 Å². The fraction of sp³-hybridized carbons (Fsp3) is 0.158. The predicted octanol–water partition coefficient (Wildman–Crippen LogP) is 4.52. The third kappa shape index (κ3) is 3.55. The zero-order valence-corrected chi connectivity index (χ0v) is 15.0. The molecule has 0 saturated heterocycles. The quantitative estimate of drug-likeness (QED) is 0.616. The Hall–Kier alpha value is -2.86. The highest BCUT2D eigenvalue weighted by Crippen LogP contribution is 2.28. The molecule has 0 spiro atoms. The molecule has 0 aliphatic heterocycles. The van der Waals surface area contributed by atoms with Gasteiger partial charge in [0.2, 0.25) is 0 Å². The Morgan fingerprint density at radius 1 is 1.23 bits per heavy atom. The molecule has 0 saturated carbocycles. The smallest absolute Gasteiger partial charge is 0.358 e. The molecule has 0 aliphatic rings. The lowest BCUT2D eigenvalue weighted by Crippen LogP contribution is -2.07. The zero-order chi connectivity index (χ0) is 18.7. The highest BCUT2D eigenvalue weighted by atomic mass is 35.5. The number of aromatic nitrogens is 2. The maximum Gasteiger partial charge on any atom is 0.358 e. The van der Waals surface area contributed by atoms with Crippen LogP contribution in [0.5, 0.6) is 5.75 Å². The fourth-order valence-corrected chi connectivity index (χ4v) is 2.66. The summed E-state index contributed by atoms with van der Waals surface area (Å²) in [7, 11) is 1.57. The summed E-state index contributed by atoms with van der Waals surface area (Å²) >= 11 is 5.90. The van der Waals surface area contributed by atoms with Crippen molar-refractivity contribution in [3.05, 3.63) is 65.1 Å². The molecule has 1 heterocycles. The number of carbonyl (C=O) groups is 1. The summed E-state index contributed by atoms with van der Waals surface area (Å²) in [6.07, 6.45) is 0. The van der Waals surface area contributed by atoms with Crippen molar-refractivity contribution in [2.24, 2.45) is 0 Å². The molecule has 3 rings (SSSR count). The Morgan fingerprint density at radius 3 is 2.73 bits per heavy atom. The summed E-state index contributed by atoms with van der Waals surface area (Å²) in [5.41, 5.74) is 2.05. The number of rotatable bonds is 5. The van der Waals surface area contributed by atoms with E-state index in [0.29, 0.717) is 17.1 Å². The SMILES string of the molecule is CCOC(=O)c1cc(-c2cccc(OC)c2)n(-c2ccc(F)c(Cl)c2)n1. The summed E-state index contributed by atoms with van der Waals surface area (Å²) in [6.45, 7) is 1.96. The van der Waals surface area contributed by atoms with E-state index < -0.39 is 11.8 Å². The van der Waals surface area contributed by atoms with E-state index >= 15 is 0 Å². The summed E-state index contributed by atoms with van der Waals surface area (Å²) in [5.74, 6) is -0.412. The first-order valence-electron chi connectivity index (χ1n) is 7.90. The molecule has 3 aromatic rings. The van der Waals surface area contributed by atoms with Gasteiger partial charge in [-0.05, 0) is 43.3 Å². The van der Waals surface area contributed by atoms with Crippen molar-refractivity contribution in [1.82, 2.24) is 9.78 Å². The normalized spacial score (nSPS) is 10.6. The van der Waals surface area contributed by atoms with Gasteiger partial charge in [-0.2, -0.15) is 5.10 Å². The summed E-state index contributed by atoms with van der Waals surface area (Å²) in [5, 5.41) is 4.29. The lowest BCUT2D eigenvalue weighted by molar-refractivity contribution is 0.0519. The zero-order valence-electron chi connectivity index (χ0n) is 14.2. The molecule has 134 valence electrons. The maximum absolute atomic E-state index is 13.5. The third-order valence-electron chi connectivity index (χ3n) is 3.71. The van der Waals surface area contributed by atoms with Crippen LogP contribution in [0.4, 0.5) is 4.39 Å². The number of ether oxygens (including phenoxy) is 2. The van der Waals surface area contributed by atoms with E-state index in [1.54, 1.807) is 20.1 Å². The minimum absolute atomic E-state index is 0.0349. The van der Waals surface area contributed by atoms with Gasteiger partial charge in [0.1, 0.15) is 11.6 Å². The first-order chi connectivity index (χ1) is 12.5. The standard InChI is InChI=1S/C19H16ClFN2O3/c1-3-26-19(24)17-11-18(12-5-4-6-14(9-12)25-2)23(22-17)13-7-8-16(21)15(20)10-13/h4-11H,3H2,1-2H3. The number of methoxy groups -OCH3 is 1. The molecule has 0 unspecified atom stereocenters. The minimum Gasteiger partial charge on any atom is -0.497 e. The molecule has 0 amide bonds. The first-order valence-corrected chi connectivity index (χ1v) is 8.28. The molecule has 5 nitrogen and oxygen atoms in total. The second-order valence-electron chi connectivity index (χ2n) is 5.38. The predicted molar refractivity (Wildman–Crippen MR) is 96.5 cm³/mol. The van der Waals surface area contributed by atoms with Gasteiger partial charge >= 0.3 is 5.97 Å². The minimum atomic E-state index is -0.538. The average molecular weight is 375 g/mol. The van der Waals surface area contributed by atoms with Crippen LogP contribution in [0.3, 0.4) is 0 Å². The molecule has 1 aromatic heterocycles. The molecule has 0 radical (unpaired) electrons. The topological polar surface area (TPSA) is 53.4 Å². The number of hydrogen-bond acceptors (Lipinski definition) is 4. The van der Waals surface area contributed by atoms with Crippen LogP contribution in [0, 0.1) is 5.82 Å². The molecular weight excluding hydrogens is 359 g/mol. The third-order valence-corrected chi connectivity index (χ3v) is 4.00. The monoisotopic (exact) mass is 374 g/mol. The number of carbonyl (C=O) groups excluding carboxylic acids is 1. The van der Waals surface area contributed by atoms with Gasteiger partial charge in [0, 0.05) is 5.56 Å². The van der Waals surface area contributed by atoms with Gasteiger partial charge in [0.25, 0.3) is 0 Å². The number of hydrogen-bond donors (Lipinski definition) is 0. The van der Waals surface area contributed by atoms with Crippen molar-refractivity contribution in [3.63, 3.8) is 0 Å².